The number of halogens is 2. The zero-order chi connectivity index (χ0) is 10.9. The Morgan fingerprint density at radius 3 is 1.31 bits per heavy atom. The van der Waals surface area contributed by atoms with Crippen molar-refractivity contribution in [3.8, 4) is 0 Å². The third-order valence-electron chi connectivity index (χ3n) is 1.46. The zero-order valence-corrected chi connectivity index (χ0v) is 9.49. The Balaban J connectivity index is 4.61. The summed E-state index contributed by atoms with van der Waals surface area (Å²) in [5.41, 5.74) is -2.43. The molecule has 0 aromatic rings. The average Bonchev–Trinajstić information content (AvgIpc) is 1.83. The van der Waals surface area contributed by atoms with Gasteiger partial charge in [-0.15, -0.1) is 0 Å². The molecular formula is C8H12Cl2O3. The molecule has 13 heavy (non-hydrogen) atoms. The van der Waals surface area contributed by atoms with Crippen molar-refractivity contribution in [2.45, 2.75) is 38.9 Å². The van der Waals surface area contributed by atoms with Crippen molar-refractivity contribution in [2.75, 3.05) is 0 Å². The van der Waals surface area contributed by atoms with Crippen molar-refractivity contribution >= 4 is 33.7 Å². The van der Waals surface area contributed by atoms with Crippen LogP contribution in [0, 0.1) is 0 Å². The first-order valence-corrected chi connectivity index (χ1v) is 4.45. The van der Waals surface area contributed by atoms with E-state index >= 15 is 0 Å². The summed E-state index contributed by atoms with van der Waals surface area (Å²) in [6.07, 6.45) is 0. The number of ether oxygens (including phenoxy) is 1. The van der Waals surface area contributed by atoms with Crippen LogP contribution < -0.4 is 0 Å². The van der Waals surface area contributed by atoms with Gasteiger partial charge in [0, 0.05) is 0 Å². The van der Waals surface area contributed by atoms with E-state index in [1.165, 1.54) is 27.7 Å². The lowest BCUT2D eigenvalue weighted by atomic mass is 10.1. The largest absolute Gasteiger partial charge is 0.351 e. The van der Waals surface area contributed by atoms with Gasteiger partial charge in [-0.25, -0.2) is 0 Å². The van der Waals surface area contributed by atoms with Gasteiger partial charge in [0.1, 0.15) is 11.2 Å². The molecule has 0 amide bonds. The van der Waals surface area contributed by atoms with Gasteiger partial charge in [-0.1, -0.05) is 0 Å². The van der Waals surface area contributed by atoms with E-state index in [2.05, 4.69) is 0 Å². The molecule has 5 heteroatoms. The van der Waals surface area contributed by atoms with Crippen LogP contribution in [-0.2, 0) is 14.3 Å². The van der Waals surface area contributed by atoms with Crippen LogP contribution in [0.25, 0.3) is 0 Å². The van der Waals surface area contributed by atoms with Gasteiger partial charge in [0.25, 0.3) is 10.5 Å². The van der Waals surface area contributed by atoms with Gasteiger partial charge >= 0.3 is 0 Å². The third kappa shape index (κ3) is 3.63. The highest BCUT2D eigenvalue weighted by atomic mass is 35.5. The fraction of sp³-hybridized carbons (Fsp3) is 0.750. The summed E-state index contributed by atoms with van der Waals surface area (Å²) in [6, 6.07) is 0. The lowest BCUT2D eigenvalue weighted by molar-refractivity contribution is -0.160. The Hall–Kier alpha value is -0.120. The highest BCUT2D eigenvalue weighted by Crippen LogP contribution is 2.24. The van der Waals surface area contributed by atoms with Crippen molar-refractivity contribution in [2.24, 2.45) is 0 Å². The second-order valence-corrected chi connectivity index (χ2v) is 4.36. The lowest BCUT2D eigenvalue weighted by Gasteiger charge is -2.30. The summed E-state index contributed by atoms with van der Waals surface area (Å²) in [6.45, 7) is 5.90. The molecule has 0 aliphatic carbocycles. The fourth-order valence-electron chi connectivity index (χ4n) is 0.718. The summed E-state index contributed by atoms with van der Waals surface area (Å²) in [7, 11) is 0. The van der Waals surface area contributed by atoms with Crippen LogP contribution in [0.4, 0.5) is 0 Å². The summed E-state index contributed by atoms with van der Waals surface area (Å²) in [5, 5.41) is -1.34. The molecule has 0 aromatic heterocycles. The van der Waals surface area contributed by atoms with Gasteiger partial charge < -0.3 is 4.74 Å². The van der Waals surface area contributed by atoms with E-state index in [1.54, 1.807) is 0 Å². The Labute approximate surface area is 87.3 Å². The highest BCUT2D eigenvalue weighted by molar-refractivity contribution is 6.66. The molecule has 3 nitrogen and oxygen atoms in total. The molecule has 0 saturated carbocycles. The quantitative estimate of drug-likeness (QED) is 0.690. The van der Waals surface area contributed by atoms with E-state index in [9.17, 15) is 9.59 Å². The summed E-state index contributed by atoms with van der Waals surface area (Å²) >= 11 is 10.5. The summed E-state index contributed by atoms with van der Waals surface area (Å²) in [5.74, 6) is 0. The van der Waals surface area contributed by atoms with Crippen LogP contribution in [0.2, 0.25) is 0 Å². The second kappa shape index (κ2) is 3.95. The molecule has 0 heterocycles. The van der Waals surface area contributed by atoms with Crippen LogP contribution in [0.1, 0.15) is 27.7 Å². The topological polar surface area (TPSA) is 43.4 Å². The Kier molecular flexibility index (Phi) is 3.91. The van der Waals surface area contributed by atoms with Crippen molar-refractivity contribution < 1.29 is 14.3 Å². The van der Waals surface area contributed by atoms with Crippen LogP contribution in [0.15, 0.2) is 0 Å². The number of hydrogen-bond donors (Lipinski definition) is 0. The fourth-order valence-corrected chi connectivity index (χ4v) is 0.795. The minimum atomic E-state index is -1.21. The van der Waals surface area contributed by atoms with Crippen molar-refractivity contribution in [1.82, 2.24) is 0 Å². The van der Waals surface area contributed by atoms with E-state index < -0.39 is 21.7 Å². The second-order valence-electron chi connectivity index (χ2n) is 3.67. The molecule has 0 bridgehead atoms. The molecular weight excluding hydrogens is 215 g/mol. The van der Waals surface area contributed by atoms with Gasteiger partial charge in [-0.05, 0) is 50.9 Å². The first-order chi connectivity index (χ1) is 5.59. The Morgan fingerprint density at radius 2 is 1.15 bits per heavy atom. The van der Waals surface area contributed by atoms with Crippen molar-refractivity contribution in [1.29, 1.82) is 0 Å². The maximum absolute atomic E-state index is 10.9. The van der Waals surface area contributed by atoms with Crippen LogP contribution in [-0.4, -0.2) is 21.7 Å². The number of carbonyl (C=O) groups is 2. The van der Waals surface area contributed by atoms with Gasteiger partial charge in [0.05, 0.1) is 0 Å². The third-order valence-corrected chi connectivity index (χ3v) is 2.37. The zero-order valence-electron chi connectivity index (χ0n) is 7.98. The maximum atomic E-state index is 10.9. The molecule has 0 fully saturated rings. The minimum Gasteiger partial charge on any atom is -0.351 e. The Morgan fingerprint density at radius 1 is 0.923 bits per heavy atom. The standard InChI is InChI=1S/C8H12Cl2O3/c1-7(2,5(9)11)13-8(3,4)6(10)12/h1-4H3. The first-order valence-electron chi connectivity index (χ1n) is 3.69. The Bertz CT molecular complexity index is 210. The minimum absolute atomic E-state index is 0.668. The maximum Gasteiger partial charge on any atom is 0.253 e. The molecule has 0 aromatic carbocycles. The predicted octanol–water partition coefficient (Wildman–Crippen LogP) is 2.09. The van der Waals surface area contributed by atoms with Crippen LogP contribution in [0.5, 0.6) is 0 Å². The van der Waals surface area contributed by atoms with Gasteiger partial charge in [-0.2, -0.15) is 0 Å². The molecule has 0 rings (SSSR count). The highest BCUT2D eigenvalue weighted by Gasteiger charge is 2.38. The van der Waals surface area contributed by atoms with Crippen LogP contribution >= 0.6 is 23.2 Å². The predicted molar refractivity (Wildman–Crippen MR) is 51.0 cm³/mol. The first kappa shape index (κ1) is 12.9. The van der Waals surface area contributed by atoms with Gasteiger partial charge in [0.2, 0.25) is 0 Å². The number of hydrogen-bond acceptors (Lipinski definition) is 3. The molecule has 0 aliphatic heterocycles. The molecule has 0 aliphatic rings. The average molecular weight is 227 g/mol. The van der Waals surface area contributed by atoms with E-state index in [-0.39, 0.29) is 0 Å². The lowest BCUT2D eigenvalue weighted by Crippen LogP contribution is -2.44. The number of carbonyl (C=O) groups excluding carboxylic acids is 2. The smallest absolute Gasteiger partial charge is 0.253 e. The molecule has 0 saturated heterocycles. The van der Waals surface area contributed by atoms with Crippen molar-refractivity contribution in [3.63, 3.8) is 0 Å². The number of rotatable bonds is 4. The van der Waals surface area contributed by atoms with Crippen molar-refractivity contribution in [3.05, 3.63) is 0 Å². The normalized spacial score (nSPS) is 12.8. The molecule has 0 radical (unpaired) electrons. The van der Waals surface area contributed by atoms with E-state index in [4.69, 9.17) is 27.9 Å². The van der Waals surface area contributed by atoms with Gasteiger partial charge in [0.15, 0.2) is 0 Å². The van der Waals surface area contributed by atoms with Gasteiger partial charge in [-0.3, -0.25) is 9.59 Å². The molecule has 0 N–H and O–H groups in total. The summed E-state index contributed by atoms with van der Waals surface area (Å²) < 4.78 is 5.19. The monoisotopic (exact) mass is 226 g/mol. The van der Waals surface area contributed by atoms with Crippen LogP contribution in [0.3, 0.4) is 0 Å². The molecule has 0 unspecified atom stereocenters. The molecule has 76 valence electrons. The SMILES string of the molecule is CC(C)(OC(C)(C)C(=O)Cl)C(=O)Cl. The molecule has 0 atom stereocenters. The van der Waals surface area contributed by atoms with E-state index in [0.717, 1.165) is 0 Å². The van der Waals surface area contributed by atoms with E-state index in [1.807, 2.05) is 0 Å². The summed E-state index contributed by atoms with van der Waals surface area (Å²) in [4.78, 5) is 21.7. The van der Waals surface area contributed by atoms with E-state index in [0.29, 0.717) is 0 Å². The molecule has 0 spiro atoms.